The molecule has 0 aromatic rings. The molecule has 1 amide bonds. The van der Waals surface area contributed by atoms with Crippen LogP contribution < -0.4 is 5.32 Å². The van der Waals surface area contributed by atoms with Gasteiger partial charge in [-0.2, -0.15) is 0 Å². The Morgan fingerprint density at radius 1 is 1.43 bits per heavy atom. The van der Waals surface area contributed by atoms with Crippen LogP contribution >= 0.6 is 11.6 Å². The number of alkyl halides is 1. The normalized spacial score (nSPS) is 20.4. The Morgan fingerprint density at radius 2 is 2.07 bits per heavy atom. The van der Waals surface area contributed by atoms with Crippen molar-refractivity contribution in [1.29, 1.82) is 0 Å². The van der Waals surface area contributed by atoms with Gasteiger partial charge in [0.15, 0.2) is 0 Å². The van der Waals surface area contributed by atoms with E-state index in [1.165, 1.54) is 32.4 Å². The summed E-state index contributed by atoms with van der Waals surface area (Å²) in [5.41, 5.74) is 0. The summed E-state index contributed by atoms with van der Waals surface area (Å²) in [5, 5.41) is 2.86. The molecule has 0 saturated carbocycles. The average molecular weight is 219 g/mol. The van der Waals surface area contributed by atoms with Crippen LogP contribution in [0, 0.1) is 0 Å². The van der Waals surface area contributed by atoms with Crippen LogP contribution in [0.1, 0.15) is 26.2 Å². The zero-order valence-electron chi connectivity index (χ0n) is 8.76. The number of amides is 1. The molecule has 0 radical (unpaired) electrons. The molecule has 1 heterocycles. The van der Waals surface area contributed by atoms with E-state index in [9.17, 15) is 4.79 Å². The van der Waals surface area contributed by atoms with E-state index >= 15 is 0 Å². The number of carbonyl (C=O) groups is 1. The molecule has 3 nitrogen and oxygen atoms in total. The number of hydrogen-bond donors (Lipinski definition) is 1. The van der Waals surface area contributed by atoms with Crippen LogP contribution in [0.2, 0.25) is 0 Å². The highest BCUT2D eigenvalue weighted by atomic mass is 35.5. The number of nitrogens with one attached hydrogen (secondary N) is 1. The second kappa shape index (κ2) is 6.25. The molecule has 82 valence electrons. The Kier molecular flexibility index (Phi) is 5.26. The molecule has 0 spiro atoms. The highest BCUT2D eigenvalue weighted by Crippen LogP contribution is 2.08. The number of likely N-dealkylation sites (tertiary alicyclic amines) is 1. The Balaban J connectivity index is 2.18. The lowest BCUT2D eigenvalue weighted by atomic mass is 10.1. The minimum Gasteiger partial charge on any atom is -0.351 e. The first kappa shape index (κ1) is 11.8. The SMILES string of the molecule is CC(CN1CCCCC1)NC(=O)CCl. The van der Waals surface area contributed by atoms with Gasteiger partial charge in [-0.15, -0.1) is 11.6 Å². The van der Waals surface area contributed by atoms with Gasteiger partial charge >= 0.3 is 0 Å². The van der Waals surface area contributed by atoms with Crippen molar-refractivity contribution in [3.05, 3.63) is 0 Å². The Morgan fingerprint density at radius 3 is 2.64 bits per heavy atom. The number of carbonyl (C=O) groups excluding carboxylic acids is 1. The first-order valence-corrected chi connectivity index (χ1v) is 5.83. The molecule has 1 aliphatic heterocycles. The van der Waals surface area contributed by atoms with Crippen molar-refractivity contribution < 1.29 is 4.79 Å². The maximum atomic E-state index is 11.0. The molecule has 1 saturated heterocycles. The van der Waals surface area contributed by atoms with Crippen molar-refractivity contribution in [2.45, 2.75) is 32.2 Å². The third kappa shape index (κ3) is 4.29. The van der Waals surface area contributed by atoms with Gasteiger partial charge in [0, 0.05) is 12.6 Å². The summed E-state index contributed by atoms with van der Waals surface area (Å²) < 4.78 is 0. The molecule has 1 aliphatic rings. The Bertz CT molecular complexity index is 181. The molecular formula is C10H19ClN2O. The maximum absolute atomic E-state index is 11.0. The summed E-state index contributed by atoms with van der Waals surface area (Å²) in [6.45, 7) is 5.31. The zero-order chi connectivity index (χ0) is 10.4. The van der Waals surface area contributed by atoms with E-state index in [1.54, 1.807) is 0 Å². The van der Waals surface area contributed by atoms with E-state index in [0.29, 0.717) is 0 Å². The highest BCUT2D eigenvalue weighted by molar-refractivity contribution is 6.27. The molecule has 14 heavy (non-hydrogen) atoms. The van der Waals surface area contributed by atoms with E-state index in [0.717, 1.165) is 6.54 Å². The smallest absolute Gasteiger partial charge is 0.235 e. The summed E-state index contributed by atoms with van der Waals surface area (Å²) in [7, 11) is 0. The van der Waals surface area contributed by atoms with Gasteiger partial charge < -0.3 is 10.2 Å². The third-order valence-electron chi connectivity index (χ3n) is 2.51. The molecule has 0 aromatic heterocycles. The molecule has 1 unspecified atom stereocenters. The Hall–Kier alpha value is -0.280. The van der Waals surface area contributed by atoms with Crippen molar-refractivity contribution in [1.82, 2.24) is 10.2 Å². The summed E-state index contributed by atoms with van der Waals surface area (Å²) in [4.78, 5) is 13.4. The van der Waals surface area contributed by atoms with Crippen molar-refractivity contribution in [2.75, 3.05) is 25.5 Å². The van der Waals surface area contributed by atoms with Gasteiger partial charge in [-0.1, -0.05) is 6.42 Å². The van der Waals surface area contributed by atoms with E-state index < -0.39 is 0 Å². The fourth-order valence-electron chi connectivity index (χ4n) is 1.89. The molecule has 0 aliphatic carbocycles. The molecule has 4 heteroatoms. The van der Waals surface area contributed by atoms with Gasteiger partial charge in [0.25, 0.3) is 0 Å². The summed E-state index contributed by atoms with van der Waals surface area (Å²) >= 11 is 5.41. The van der Waals surface area contributed by atoms with Crippen molar-refractivity contribution in [3.63, 3.8) is 0 Å². The zero-order valence-corrected chi connectivity index (χ0v) is 9.52. The third-order valence-corrected chi connectivity index (χ3v) is 2.75. The van der Waals surface area contributed by atoms with E-state index in [2.05, 4.69) is 10.2 Å². The van der Waals surface area contributed by atoms with Gasteiger partial charge in [-0.25, -0.2) is 0 Å². The summed E-state index contributed by atoms with van der Waals surface area (Å²) in [6, 6.07) is 0.208. The lowest BCUT2D eigenvalue weighted by molar-refractivity contribution is -0.119. The predicted molar refractivity (Wildman–Crippen MR) is 58.6 cm³/mol. The number of piperidine rings is 1. The Labute approximate surface area is 90.8 Å². The number of rotatable bonds is 4. The number of hydrogen-bond acceptors (Lipinski definition) is 2. The fourth-order valence-corrected chi connectivity index (χ4v) is 1.97. The van der Waals surface area contributed by atoms with E-state index in [-0.39, 0.29) is 17.8 Å². The van der Waals surface area contributed by atoms with Gasteiger partial charge in [-0.05, 0) is 32.9 Å². The summed E-state index contributed by atoms with van der Waals surface area (Å²) in [5.74, 6) is -0.0131. The second-order valence-corrected chi connectivity index (χ2v) is 4.23. The predicted octanol–water partition coefficient (Wildman–Crippen LogP) is 1.22. The monoisotopic (exact) mass is 218 g/mol. The molecule has 1 fully saturated rings. The minimum absolute atomic E-state index is 0.0599. The lowest BCUT2D eigenvalue weighted by Crippen LogP contribution is -2.44. The topological polar surface area (TPSA) is 32.3 Å². The van der Waals surface area contributed by atoms with E-state index in [1.807, 2.05) is 6.92 Å². The average Bonchev–Trinajstić information content (AvgIpc) is 2.19. The van der Waals surface area contributed by atoms with Gasteiger partial charge in [0.2, 0.25) is 5.91 Å². The summed E-state index contributed by atoms with van der Waals surface area (Å²) in [6.07, 6.45) is 3.92. The van der Waals surface area contributed by atoms with Gasteiger partial charge in [-0.3, -0.25) is 4.79 Å². The van der Waals surface area contributed by atoms with Gasteiger partial charge in [0.05, 0.1) is 0 Å². The van der Waals surface area contributed by atoms with Crippen molar-refractivity contribution in [2.24, 2.45) is 0 Å². The van der Waals surface area contributed by atoms with Crippen LogP contribution in [0.25, 0.3) is 0 Å². The first-order valence-electron chi connectivity index (χ1n) is 5.30. The highest BCUT2D eigenvalue weighted by Gasteiger charge is 2.14. The van der Waals surface area contributed by atoms with E-state index in [4.69, 9.17) is 11.6 Å². The maximum Gasteiger partial charge on any atom is 0.235 e. The second-order valence-electron chi connectivity index (χ2n) is 3.96. The van der Waals surface area contributed by atoms with Crippen molar-refractivity contribution >= 4 is 17.5 Å². The quantitative estimate of drug-likeness (QED) is 0.720. The van der Waals surface area contributed by atoms with Crippen LogP contribution in [0.15, 0.2) is 0 Å². The van der Waals surface area contributed by atoms with Crippen LogP contribution in [0.3, 0.4) is 0 Å². The molecule has 1 atom stereocenters. The number of nitrogens with zero attached hydrogens (tertiary/aromatic N) is 1. The largest absolute Gasteiger partial charge is 0.351 e. The van der Waals surface area contributed by atoms with Crippen molar-refractivity contribution in [3.8, 4) is 0 Å². The first-order chi connectivity index (χ1) is 6.72. The lowest BCUT2D eigenvalue weighted by Gasteiger charge is -2.29. The molecule has 0 bridgehead atoms. The molecule has 1 N–H and O–H groups in total. The fraction of sp³-hybridized carbons (Fsp3) is 0.900. The van der Waals surface area contributed by atoms with Crippen LogP contribution in [-0.4, -0.2) is 42.4 Å². The van der Waals surface area contributed by atoms with Gasteiger partial charge in [0.1, 0.15) is 5.88 Å². The molecule has 0 aromatic carbocycles. The minimum atomic E-state index is -0.0730. The standard InChI is InChI=1S/C10H19ClN2O/c1-9(12-10(14)7-11)8-13-5-3-2-4-6-13/h9H,2-8H2,1H3,(H,12,14). The molecule has 1 rings (SSSR count). The van der Waals surface area contributed by atoms with Crippen LogP contribution in [-0.2, 0) is 4.79 Å². The molecular weight excluding hydrogens is 200 g/mol. The van der Waals surface area contributed by atoms with Crippen LogP contribution in [0.4, 0.5) is 0 Å². The van der Waals surface area contributed by atoms with Crippen LogP contribution in [0.5, 0.6) is 0 Å². The number of halogens is 1.